The number of anilines is 2. The van der Waals surface area contributed by atoms with E-state index in [0.29, 0.717) is 35.2 Å². The van der Waals surface area contributed by atoms with E-state index in [1.165, 1.54) is 0 Å². The Balaban J connectivity index is 1.38. The van der Waals surface area contributed by atoms with Crippen molar-refractivity contribution in [1.82, 2.24) is 33.8 Å². The lowest BCUT2D eigenvalue weighted by Gasteiger charge is -2.29. The number of allylic oxidation sites excluding steroid dienone is 1. The van der Waals surface area contributed by atoms with Crippen molar-refractivity contribution in [3.8, 4) is 11.7 Å². The van der Waals surface area contributed by atoms with Gasteiger partial charge >= 0.3 is 0 Å². The van der Waals surface area contributed by atoms with Gasteiger partial charge in [0.25, 0.3) is 5.56 Å². The number of hydrogen-bond acceptors (Lipinski definition) is 7. The van der Waals surface area contributed by atoms with Gasteiger partial charge in [-0.2, -0.15) is 9.97 Å². The van der Waals surface area contributed by atoms with Crippen molar-refractivity contribution in [2.24, 2.45) is 7.05 Å². The number of nitrogens with one attached hydrogen (secondary N) is 1. The van der Waals surface area contributed by atoms with Crippen LogP contribution in [0.1, 0.15) is 12.8 Å². The molecule has 0 radical (unpaired) electrons. The van der Waals surface area contributed by atoms with Crippen LogP contribution < -0.4 is 15.6 Å². The molecule has 0 aliphatic carbocycles. The van der Waals surface area contributed by atoms with E-state index in [1.807, 2.05) is 49.6 Å². The topological polar surface area (TPSA) is 95.0 Å². The van der Waals surface area contributed by atoms with Crippen molar-refractivity contribution in [2.45, 2.75) is 25.5 Å². The number of pyridine rings is 1. The summed E-state index contributed by atoms with van der Waals surface area (Å²) in [6.07, 6.45) is 7.28. The van der Waals surface area contributed by atoms with E-state index in [0.717, 1.165) is 42.5 Å². The smallest absolute Gasteiger partial charge is 0.278 e. The van der Waals surface area contributed by atoms with Crippen LogP contribution in [0.5, 0.6) is 5.88 Å². The minimum atomic E-state index is -0.208. The molecule has 1 aliphatic heterocycles. The van der Waals surface area contributed by atoms with E-state index in [2.05, 4.69) is 39.5 Å². The Morgan fingerprint density at radius 1 is 1.13 bits per heavy atom. The summed E-state index contributed by atoms with van der Waals surface area (Å²) in [7, 11) is 4.14. The van der Waals surface area contributed by atoms with Gasteiger partial charge < -0.3 is 19.5 Å². The molecule has 10 heteroatoms. The molecule has 1 aromatic carbocycles. The van der Waals surface area contributed by atoms with Crippen molar-refractivity contribution in [3.63, 3.8) is 0 Å². The first kappa shape index (κ1) is 23.9. The maximum atomic E-state index is 13.3. The zero-order chi connectivity index (χ0) is 26.2. The highest BCUT2D eigenvalue weighted by Gasteiger charge is 2.21. The molecule has 0 saturated carbocycles. The lowest BCUT2D eigenvalue weighted by atomic mass is 10.1. The Labute approximate surface area is 219 Å². The molecule has 5 aromatic rings. The monoisotopic (exact) mass is 510 g/mol. The second kappa shape index (κ2) is 9.79. The molecule has 4 aromatic heterocycles. The van der Waals surface area contributed by atoms with Gasteiger partial charge in [0, 0.05) is 55.2 Å². The van der Waals surface area contributed by atoms with E-state index in [-0.39, 0.29) is 11.7 Å². The average Bonchev–Trinajstić information content (AvgIpc) is 3.42. The number of likely N-dealkylation sites (tertiary alicyclic amines) is 1. The fourth-order valence-electron chi connectivity index (χ4n) is 4.96. The molecular formula is C28H30N8O2. The molecule has 1 fully saturated rings. The number of nitrogens with zero attached hydrogens (tertiary/aromatic N) is 7. The Bertz CT molecular complexity index is 1690. The van der Waals surface area contributed by atoms with Crippen LogP contribution in [0.3, 0.4) is 0 Å². The second-order valence-electron chi connectivity index (χ2n) is 9.70. The Hall–Kier alpha value is -4.44. The van der Waals surface area contributed by atoms with Crippen LogP contribution in [0, 0.1) is 0 Å². The van der Waals surface area contributed by atoms with Crippen LogP contribution in [-0.2, 0) is 13.6 Å². The number of benzene rings is 1. The Morgan fingerprint density at radius 3 is 2.79 bits per heavy atom. The number of fused-ring (bicyclic) bond motifs is 2. The third-order valence-electron chi connectivity index (χ3n) is 7.00. The summed E-state index contributed by atoms with van der Waals surface area (Å²) in [5.41, 5.74) is 2.24. The summed E-state index contributed by atoms with van der Waals surface area (Å²) in [5, 5.41) is 4.79. The number of aryl methyl sites for hydroxylation is 1. The maximum Gasteiger partial charge on any atom is 0.278 e. The quantitative estimate of drug-likeness (QED) is 0.332. The first-order valence-electron chi connectivity index (χ1n) is 12.7. The minimum absolute atomic E-state index is 0.116. The van der Waals surface area contributed by atoms with Crippen molar-refractivity contribution in [1.29, 1.82) is 0 Å². The highest BCUT2D eigenvalue weighted by molar-refractivity contribution is 5.84. The Morgan fingerprint density at radius 2 is 1.97 bits per heavy atom. The predicted octanol–water partition coefficient (Wildman–Crippen LogP) is 3.87. The van der Waals surface area contributed by atoms with Gasteiger partial charge in [0.15, 0.2) is 11.5 Å². The summed E-state index contributed by atoms with van der Waals surface area (Å²) >= 11 is 0. The lowest BCUT2D eigenvalue weighted by molar-refractivity contribution is 0.110. The van der Waals surface area contributed by atoms with Crippen LogP contribution in [0.25, 0.3) is 27.8 Å². The van der Waals surface area contributed by atoms with Crippen LogP contribution in [0.4, 0.5) is 11.6 Å². The van der Waals surface area contributed by atoms with Crippen molar-refractivity contribution >= 4 is 33.6 Å². The SMILES string of the molecule is C=CCn1c(=O)c2cnc(Nc3ccc4c(ccn4C)c3)nc2n1-c1cccc(OC2CCN(C)CC2)n1. The highest BCUT2D eigenvalue weighted by atomic mass is 16.5. The van der Waals surface area contributed by atoms with E-state index in [4.69, 9.17) is 14.7 Å². The summed E-state index contributed by atoms with van der Waals surface area (Å²) in [4.78, 5) is 29.5. The third-order valence-corrected chi connectivity index (χ3v) is 7.00. The predicted molar refractivity (Wildman–Crippen MR) is 148 cm³/mol. The number of ether oxygens (including phenoxy) is 1. The molecule has 0 atom stereocenters. The zero-order valence-electron chi connectivity index (χ0n) is 21.5. The van der Waals surface area contributed by atoms with E-state index in [9.17, 15) is 4.79 Å². The molecule has 5 heterocycles. The summed E-state index contributed by atoms with van der Waals surface area (Å²) in [6.45, 7) is 6.12. The number of piperidine rings is 1. The fourth-order valence-corrected chi connectivity index (χ4v) is 4.96. The highest BCUT2D eigenvalue weighted by Crippen LogP contribution is 2.24. The molecule has 10 nitrogen and oxygen atoms in total. The summed E-state index contributed by atoms with van der Waals surface area (Å²) in [6, 6.07) is 13.7. The number of aromatic nitrogens is 6. The molecule has 0 amide bonds. The van der Waals surface area contributed by atoms with Gasteiger partial charge in [-0.05, 0) is 50.2 Å². The number of rotatable bonds is 7. The lowest BCUT2D eigenvalue weighted by Crippen LogP contribution is -2.35. The number of hydrogen-bond donors (Lipinski definition) is 1. The van der Waals surface area contributed by atoms with Gasteiger partial charge in [0.2, 0.25) is 11.8 Å². The van der Waals surface area contributed by atoms with Crippen molar-refractivity contribution < 1.29 is 4.74 Å². The van der Waals surface area contributed by atoms with Gasteiger partial charge in [-0.3, -0.25) is 4.79 Å². The van der Waals surface area contributed by atoms with E-state index in [1.54, 1.807) is 21.6 Å². The van der Waals surface area contributed by atoms with E-state index >= 15 is 0 Å². The molecule has 0 unspecified atom stereocenters. The molecule has 194 valence electrons. The molecule has 1 N–H and O–H groups in total. The first-order valence-corrected chi connectivity index (χ1v) is 12.7. The zero-order valence-corrected chi connectivity index (χ0v) is 21.5. The molecule has 0 spiro atoms. The van der Waals surface area contributed by atoms with Gasteiger partial charge in [-0.25, -0.2) is 14.3 Å². The maximum absolute atomic E-state index is 13.3. The standard InChI is InChI=1S/C28H30N8O2/c1-4-13-35-27(37)22-18-29-28(30-20-8-9-23-19(17-20)10-16-34(23)3)32-26(22)36(35)24-6-5-7-25(31-24)38-21-11-14-33(2)15-12-21/h4-10,16-18,21H,1,11-15H2,2-3H3,(H,29,30,32). The molecule has 0 bridgehead atoms. The second-order valence-corrected chi connectivity index (χ2v) is 9.70. The van der Waals surface area contributed by atoms with Crippen molar-refractivity contribution in [3.05, 3.63) is 77.9 Å². The molecule has 1 aliphatic rings. The molecule has 38 heavy (non-hydrogen) atoms. The summed E-state index contributed by atoms with van der Waals surface area (Å²) in [5.74, 6) is 1.45. The molecular weight excluding hydrogens is 480 g/mol. The van der Waals surface area contributed by atoms with Gasteiger partial charge in [0.1, 0.15) is 11.5 Å². The Kier molecular flexibility index (Phi) is 6.16. The molecule has 1 saturated heterocycles. The van der Waals surface area contributed by atoms with Gasteiger partial charge in [-0.1, -0.05) is 12.1 Å². The van der Waals surface area contributed by atoms with E-state index < -0.39 is 0 Å². The van der Waals surface area contributed by atoms with Gasteiger partial charge in [-0.15, -0.1) is 6.58 Å². The summed E-state index contributed by atoms with van der Waals surface area (Å²) < 4.78 is 11.6. The molecule has 6 rings (SSSR count). The average molecular weight is 511 g/mol. The van der Waals surface area contributed by atoms with Crippen LogP contribution >= 0.6 is 0 Å². The van der Waals surface area contributed by atoms with Crippen molar-refractivity contribution in [2.75, 3.05) is 25.5 Å². The fraction of sp³-hybridized carbons (Fsp3) is 0.286. The van der Waals surface area contributed by atoms with Gasteiger partial charge in [0.05, 0.1) is 6.54 Å². The van der Waals surface area contributed by atoms with Crippen LogP contribution in [-0.4, -0.2) is 60.0 Å². The third kappa shape index (κ3) is 4.43. The first-order chi connectivity index (χ1) is 18.5. The normalized spacial score (nSPS) is 14.8. The van der Waals surface area contributed by atoms with Crippen LogP contribution in [0.2, 0.25) is 0 Å². The minimum Gasteiger partial charge on any atom is -0.474 e. The largest absolute Gasteiger partial charge is 0.474 e. The van der Waals surface area contributed by atoms with Crippen LogP contribution in [0.15, 0.2) is 72.3 Å².